The third kappa shape index (κ3) is 8.81. The second kappa shape index (κ2) is 3.85. The molecule has 0 aliphatic heterocycles. The van der Waals surface area contributed by atoms with Gasteiger partial charge in [0.2, 0.25) is 0 Å². The fourth-order valence-corrected chi connectivity index (χ4v) is 1.25. The molecule has 0 heterocycles. The average molecular weight is 188 g/mol. The van der Waals surface area contributed by atoms with Crippen LogP contribution in [0.1, 0.15) is 20.8 Å². The summed E-state index contributed by atoms with van der Waals surface area (Å²) >= 11 is 11.0. The van der Waals surface area contributed by atoms with Crippen molar-refractivity contribution in [2.75, 3.05) is 6.54 Å². The van der Waals surface area contributed by atoms with Gasteiger partial charge in [-0.2, -0.15) is 0 Å². The van der Waals surface area contributed by atoms with Crippen molar-refractivity contribution in [1.82, 2.24) is 0 Å². The molecule has 1 nitrogen and oxygen atoms in total. The summed E-state index contributed by atoms with van der Waals surface area (Å²) < 4.78 is 4.03. The van der Waals surface area contributed by atoms with Crippen LogP contribution in [-0.4, -0.2) is 6.54 Å². The molecular formula is C5H12Cl2NP. The second-order valence-corrected chi connectivity index (χ2v) is 6.64. The Morgan fingerprint density at radius 3 is 1.89 bits per heavy atom. The van der Waals surface area contributed by atoms with Crippen molar-refractivity contribution in [3.05, 3.63) is 0 Å². The largest absolute Gasteiger partial charge is 0.275 e. The maximum absolute atomic E-state index is 5.48. The minimum Gasteiger partial charge on any atom is -0.275 e. The van der Waals surface area contributed by atoms with Crippen molar-refractivity contribution in [2.24, 2.45) is 10.2 Å². The van der Waals surface area contributed by atoms with Gasteiger partial charge < -0.3 is 0 Å². The maximum atomic E-state index is 5.48. The van der Waals surface area contributed by atoms with E-state index >= 15 is 0 Å². The molecule has 0 aliphatic carbocycles. The Bertz CT molecular complexity index is 113. The molecule has 0 aliphatic rings. The predicted molar refractivity (Wildman–Crippen MR) is 46.8 cm³/mol. The van der Waals surface area contributed by atoms with Gasteiger partial charge in [0.25, 0.3) is 0 Å². The van der Waals surface area contributed by atoms with Crippen LogP contribution in [0.25, 0.3) is 0 Å². The van der Waals surface area contributed by atoms with Gasteiger partial charge in [-0.3, -0.25) is 4.74 Å². The molecule has 0 unspecified atom stereocenters. The Kier molecular flexibility index (Phi) is 4.20. The fourth-order valence-electron chi connectivity index (χ4n) is 0.297. The molecule has 4 heteroatoms. The SMILES string of the molecule is CC(C)(C)CN=[PH](Cl)Cl. The smallest absolute Gasteiger partial charge is 0.125 e. The van der Waals surface area contributed by atoms with Crippen molar-refractivity contribution in [3.8, 4) is 0 Å². The minimum absolute atomic E-state index is 0.222. The Morgan fingerprint density at radius 1 is 1.33 bits per heavy atom. The normalized spacial score (nSPS) is 12.2. The molecule has 0 radical (unpaired) electrons. The van der Waals surface area contributed by atoms with Gasteiger partial charge in [0.05, 0.1) is 0 Å². The van der Waals surface area contributed by atoms with Crippen LogP contribution in [0.4, 0.5) is 0 Å². The van der Waals surface area contributed by atoms with Gasteiger partial charge in [-0.05, 0) is 5.41 Å². The summed E-state index contributed by atoms with van der Waals surface area (Å²) in [5.41, 5.74) is 0.222. The van der Waals surface area contributed by atoms with E-state index in [-0.39, 0.29) is 5.41 Å². The van der Waals surface area contributed by atoms with Crippen molar-refractivity contribution >= 4 is 28.9 Å². The summed E-state index contributed by atoms with van der Waals surface area (Å²) in [6, 6.07) is 0. The topological polar surface area (TPSA) is 12.4 Å². The summed E-state index contributed by atoms with van der Waals surface area (Å²) in [4.78, 5) is 0. The van der Waals surface area contributed by atoms with Crippen LogP contribution < -0.4 is 0 Å². The first-order valence-corrected chi connectivity index (χ1v) is 6.24. The summed E-state index contributed by atoms with van der Waals surface area (Å²) in [6.45, 7) is 7.08. The first-order chi connectivity index (χ1) is 3.92. The molecule has 56 valence electrons. The van der Waals surface area contributed by atoms with Crippen LogP contribution in [0.15, 0.2) is 4.74 Å². The molecule has 0 aromatic carbocycles. The first-order valence-electron chi connectivity index (χ1n) is 2.77. The first kappa shape index (κ1) is 9.81. The van der Waals surface area contributed by atoms with Gasteiger partial charge >= 0.3 is 0 Å². The molecule has 0 bridgehead atoms. The van der Waals surface area contributed by atoms with E-state index in [0.29, 0.717) is 0 Å². The van der Waals surface area contributed by atoms with E-state index in [0.717, 1.165) is 6.54 Å². The lowest BCUT2D eigenvalue weighted by Crippen LogP contribution is -2.07. The van der Waals surface area contributed by atoms with Gasteiger partial charge in [0.15, 0.2) is 0 Å². The van der Waals surface area contributed by atoms with Gasteiger partial charge in [-0.1, -0.05) is 43.3 Å². The highest BCUT2D eigenvalue weighted by atomic mass is 35.9. The van der Waals surface area contributed by atoms with Crippen LogP contribution in [-0.2, 0) is 0 Å². The molecule has 0 saturated heterocycles. The molecular weight excluding hydrogens is 176 g/mol. The number of halogens is 2. The van der Waals surface area contributed by atoms with Crippen LogP contribution in [0.5, 0.6) is 0 Å². The van der Waals surface area contributed by atoms with Crippen molar-refractivity contribution in [1.29, 1.82) is 0 Å². The summed E-state index contributed by atoms with van der Waals surface area (Å²) in [5.74, 6) is 0. The second-order valence-electron chi connectivity index (χ2n) is 3.12. The zero-order valence-corrected chi connectivity index (χ0v) is 8.42. The zero-order valence-electron chi connectivity index (χ0n) is 5.91. The number of rotatable bonds is 1. The van der Waals surface area contributed by atoms with E-state index in [1.165, 1.54) is 0 Å². The van der Waals surface area contributed by atoms with Crippen molar-refractivity contribution < 1.29 is 0 Å². The highest BCUT2D eigenvalue weighted by Crippen LogP contribution is 2.37. The number of hydrogen-bond acceptors (Lipinski definition) is 1. The Hall–Kier alpha value is 0.810. The summed E-state index contributed by atoms with van der Waals surface area (Å²) in [7, 11) is 0. The molecule has 0 aromatic heterocycles. The van der Waals surface area contributed by atoms with Gasteiger partial charge in [0.1, 0.15) is 6.42 Å². The zero-order chi connectivity index (χ0) is 7.49. The minimum atomic E-state index is -1.40. The van der Waals surface area contributed by atoms with Gasteiger partial charge in [-0.25, -0.2) is 0 Å². The predicted octanol–water partition coefficient (Wildman–Crippen LogP) is 3.74. The highest BCUT2D eigenvalue weighted by molar-refractivity contribution is 7.96. The Labute approximate surface area is 66.8 Å². The molecule has 0 amide bonds. The van der Waals surface area contributed by atoms with Gasteiger partial charge in [-0.15, -0.1) is 0 Å². The average Bonchev–Trinajstić information content (AvgIpc) is 1.59. The maximum Gasteiger partial charge on any atom is 0.125 e. The molecule has 0 saturated carbocycles. The van der Waals surface area contributed by atoms with E-state index < -0.39 is 6.42 Å². The standard InChI is InChI=1S/C5H12Cl2NP/c1-5(2,3)4-8-9(6)7/h9H,4H2,1-3H3. The Morgan fingerprint density at radius 2 is 1.78 bits per heavy atom. The van der Waals surface area contributed by atoms with Crippen LogP contribution in [0.2, 0.25) is 0 Å². The monoisotopic (exact) mass is 187 g/mol. The summed E-state index contributed by atoms with van der Waals surface area (Å²) in [6.07, 6.45) is -1.40. The third-order valence-electron chi connectivity index (χ3n) is 0.673. The molecule has 0 aromatic rings. The lowest BCUT2D eigenvalue weighted by Gasteiger charge is -2.13. The highest BCUT2D eigenvalue weighted by Gasteiger charge is 2.07. The molecule has 0 N–H and O–H groups in total. The third-order valence-corrected chi connectivity index (χ3v) is 1.79. The molecule has 0 atom stereocenters. The number of nitrogens with zero attached hydrogens (tertiary/aromatic N) is 1. The van der Waals surface area contributed by atoms with E-state index in [4.69, 9.17) is 22.5 Å². The summed E-state index contributed by atoms with van der Waals surface area (Å²) in [5, 5.41) is 0. The van der Waals surface area contributed by atoms with Crippen molar-refractivity contribution in [3.63, 3.8) is 0 Å². The van der Waals surface area contributed by atoms with E-state index in [1.807, 2.05) is 0 Å². The van der Waals surface area contributed by atoms with Crippen LogP contribution >= 0.6 is 28.9 Å². The lowest BCUT2D eigenvalue weighted by molar-refractivity contribution is 0.432. The Balaban J connectivity index is 3.64. The van der Waals surface area contributed by atoms with Crippen LogP contribution in [0.3, 0.4) is 0 Å². The molecule has 9 heavy (non-hydrogen) atoms. The van der Waals surface area contributed by atoms with E-state index in [2.05, 4.69) is 25.5 Å². The van der Waals surface area contributed by atoms with E-state index in [1.54, 1.807) is 0 Å². The molecule has 0 spiro atoms. The van der Waals surface area contributed by atoms with Gasteiger partial charge in [0, 0.05) is 6.54 Å². The number of hydrogen-bond donors (Lipinski definition) is 0. The fraction of sp³-hybridized carbons (Fsp3) is 1.00. The van der Waals surface area contributed by atoms with Crippen molar-refractivity contribution in [2.45, 2.75) is 20.8 Å². The van der Waals surface area contributed by atoms with Crippen LogP contribution in [0, 0.1) is 5.41 Å². The molecule has 0 rings (SSSR count). The lowest BCUT2D eigenvalue weighted by atomic mass is 9.98. The van der Waals surface area contributed by atoms with E-state index in [9.17, 15) is 0 Å². The quantitative estimate of drug-likeness (QED) is 0.555. The molecule has 0 fully saturated rings.